The molecule has 0 aromatic heterocycles. The first kappa shape index (κ1) is 37.0. The Hall–Kier alpha value is -4.23. The summed E-state index contributed by atoms with van der Waals surface area (Å²) in [6.07, 6.45) is -0.150. The van der Waals surface area contributed by atoms with Gasteiger partial charge in [0.05, 0.1) is 69.5 Å². The fraction of sp³-hybridized carbons (Fsp3) is 0.297. The molecule has 8 heteroatoms. The lowest BCUT2D eigenvalue weighted by Crippen LogP contribution is -3.00. The molecular weight excluding hydrogens is 575 g/mol. The van der Waals surface area contributed by atoms with Gasteiger partial charge in [-0.05, 0) is 0 Å². The summed E-state index contributed by atoms with van der Waals surface area (Å²) in [4.78, 5) is 4.18. The smallest absolute Gasteiger partial charge is 0.347 e. The van der Waals surface area contributed by atoms with Gasteiger partial charge in [-0.2, -0.15) is 21.9 Å². The number of nitrogens with one attached hydrogen (secondary N) is 2. The van der Waals surface area contributed by atoms with Crippen molar-refractivity contribution in [2.75, 3.05) is 69.5 Å². The molecular formula is C37H52BClN6. The zero-order valence-electron chi connectivity index (χ0n) is 28.4. The average Bonchev–Trinajstić information content (AvgIpc) is 3.03. The molecule has 240 valence electrons. The number of guanidine groups is 2. The van der Waals surface area contributed by atoms with Gasteiger partial charge in [0.15, 0.2) is 0 Å². The molecule has 0 atom stereocenters. The first-order valence-electron chi connectivity index (χ1n) is 15.5. The highest BCUT2D eigenvalue weighted by Crippen LogP contribution is 2.09. The van der Waals surface area contributed by atoms with Crippen molar-refractivity contribution in [1.82, 2.24) is 20.4 Å². The van der Waals surface area contributed by atoms with E-state index in [0.29, 0.717) is 0 Å². The van der Waals surface area contributed by atoms with Crippen molar-refractivity contribution in [3.8, 4) is 0 Å². The van der Waals surface area contributed by atoms with Gasteiger partial charge in [0.2, 0.25) is 0 Å². The van der Waals surface area contributed by atoms with E-state index in [2.05, 4.69) is 151 Å². The SMILES string of the molecule is CN(C)C(NCCCNC(N(C)C)=[N+](C)C)=[N+](C)C.[Cl-].c1ccc([B-](c2ccccc2)(c2ccccc2)c2ccccc2)cc1. The molecule has 4 rings (SSSR count). The van der Waals surface area contributed by atoms with E-state index in [4.69, 9.17) is 0 Å². The van der Waals surface area contributed by atoms with Gasteiger partial charge >= 0.3 is 11.9 Å². The Bertz CT molecular complexity index is 1260. The predicted molar refractivity (Wildman–Crippen MR) is 192 cm³/mol. The topological polar surface area (TPSA) is 36.6 Å². The minimum absolute atomic E-state index is 0. The summed E-state index contributed by atoms with van der Waals surface area (Å²) in [5.41, 5.74) is 5.36. The molecule has 0 aliphatic heterocycles. The molecule has 0 radical (unpaired) electrons. The molecule has 0 fully saturated rings. The fourth-order valence-corrected chi connectivity index (χ4v) is 6.04. The normalized spacial score (nSPS) is 10.3. The number of halogens is 1. The van der Waals surface area contributed by atoms with E-state index in [1.807, 2.05) is 56.4 Å². The van der Waals surface area contributed by atoms with Crippen LogP contribution in [-0.2, 0) is 0 Å². The van der Waals surface area contributed by atoms with Crippen molar-refractivity contribution in [3.63, 3.8) is 0 Å². The van der Waals surface area contributed by atoms with E-state index in [1.165, 1.54) is 21.9 Å². The molecule has 0 unspecified atom stereocenters. The lowest BCUT2D eigenvalue weighted by atomic mass is 9.13. The number of benzene rings is 4. The van der Waals surface area contributed by atoms with Crippen molar-refractivity contribution < 1.29 is 21.6 Å². The molecule has 0 saturated heterocycles. The zero-order valence-corrected chi connectivity index (χ0v) is 29.2. The molecule has 0 saturated carbocycles. The van der Waals surface area contributed by atoms with Crippen molar-refractivity contribution >= 4 is 39.9 Å². The molecule has 2 N–H and O–H groups in total. The van der Waals surface area contributed by atoms with Gasteiger partial charge in [0.25, 0.3) is 0 Å². The number of rotatable bonds is 8. The van der Waals surface area contributed by atoms with Crippen molar-refractivity contribution in [2.24, 2.45) is 0 Å². The molecule has 4 aromatic carbocycles. The van der Waals surface area contributed by atoms with Gasteiger partial charge < -0.3 is 12.4 Å². The van der Waals surface area contributed by atoms with E-state index in [9.17, 15) is 0 Å². The van der Waals surface area contributed by atoms with Gasteiger partial charge in [0.1, 0.15) is 6.15 Å². The Kier molecular flexibility index (Phi) is 15.2. The standard InChI is InChI=1S/C24H20B.C13H30N6.ClH/c1-5-13-21(14-6-1)25(22-15-7-2-8-16-22,23-17-9-3-10-18-23)24-19-11-4-12-20-24;1-16(2)12(17(3)4)14-10-9-11-15-13(18(5)6)19(7)8;/h1-20H;9-11H2,1-8H3;1H/q-1;;/p+1. The summed E-state index contributed by atoms with van der Waals surface area (Å²) in [5.74, 6) is 2.26. The van der Waals surface area contributed by atoms with Crippen LogP contribution in [0.4, 0.5) is 0 Å². The minimum atomic E-state index is -1.22. The van der Waals surface area contributed by atoms with Crippen LogP contribution in [0.2, 0.25) is 0 Å². The van der Waals surface area contributed by atoms with Crippen LogP contribution >= 0.6 is 0 Å². The molecule has 0 spiro atoms. The van der Waals surface area contributed by atoms with E-state index in [0.717, 1.165) is 31.4 Å². The van der Waals surface area contributed by atoms with E-state index in [-0.39, 0.29) is 12.4 Å². The maximum Gasteiger partial charge on any atom is 0.347 e. The van der Waals surface area contributed by atoms with Gasteiger partial charge in [-0.25, -0.2) is 0 Å². The quantitative estimate of drug-likeness (QED) is 0.0866. The third-order valence-electron chi connectivity index (χ3n) is 7.81. The zero-order chi connectivity index (χ0) is 32.0. The Morgan fingerprint density at radius 1 is 0.489 bits per heavy atom. The highest BCUT2D eigenvalue weighted by molar-refractivity contribution is 7.19. The maximum atomic E-state index is 3.44. The Labute approximate surface area is 278 Å². The molecule has 4 aromatic rings. The van der Waals surface area contributed by atoms with Crippen LogP contribution in [0.5, 0.6) is 0 Å². The lowest BCUT2D eigenvalue weighted by Gasteiger charge is -2.44. The molecule has 45 heavy (non-hydrogen) atoms. The highest BCUT2D eigenvalue weighted by atomic mass is 35.5. The molecule has 0 aliphatic carbocycles. The Morgan fingerprint density at radius 2 is 0.733 bits per heavy atom. The van der Waals surface area contributed by atoms with Crippen molar-refractivity contribution in [2.45, 2.75) is 6.42 Å². The highest BCUT2D eigenvalue weighted by Gasteiger charge is 2.31. The largest absolute Gasteiger partial charge is 1.00 e. The summed E-state index contributed by atoms with van der Waals surface area (Å²) in [6, 6.07) is 43.5. The van der Waals surface area contributed by atoms with Crippen LogP contribution in [-0.4, -0.2) is 106 Å². The Balaban J connectivity index is 0.000000321. The van der Waals surface area contributed by atoms with E-state index in [1.54, 1.807) is 0 Å². The fourth-order valence-electron chi connectivity index (χ4n) is 6.04. The molecule has 0 bridgehead atoms. The van der Waals surface area contributed by atoms with Gasteiger partial charge in [-0.1, -0.05) is 121 Å². The van der Waals surface area contributed by atoms with Gasteiger partial charge in [-0.3, -0.25) is 29.6 Å². The summed E-state index contributed by atoms with van der Waals surface area (Å²) in [5, 5.41) is 6.89. The van der Waals surface area contributed by atoms with E-state index < -0.39 is 6.15 Å². The van der Waals surface area contributed by atoms with Crippen LogP contribution < -0.4 is 44.9 Å². The maximum absolute atomic E-state index is 3.44. The van der Waals surface area contributed by atoms with Crippen LogP contribution in [0.1, 0.15) is 6.42 Å². The van der Waals surface area contributed by atoms with E-state index >= 15 is 0 Å². The monoisotopic (exact) mass is 626 g/mol. The summed E-state index contributed by atoms with van der Waals surface area (Å²) in [6.45, 7) is 1.90. The first-order chi connectivity index (χ1) is 21.2. The second-order valence-electron chi connectivity index (χ2n) is 11.9. The van der Waals surface area contributed by atoms with Crippen LogP contribution in [0.25, 0.3) is 0 Å². The third kappa shape index (κ3) is 9.88. The van der Waals surface area contributed by atoms with Gasteiger partial charge in [0, 0.05) is 6.42 Å². The lowest BCUT2D eigenvalue weighted by molar-refractivity contribution is -0.472. The summed E-state index contributed by atoms with van der Waals surface area (Å²) in [7, 11) is 16.4. The molecule has 0 heterocycles. The number of nitrogens with zero attached hydrogens (tertiary/aromatic N) is 4. The van der Waals surface area contributed by atoms with Crippen LogP contribution in [0, 0.1) is 0 Å². The molecule has 0 amide bonds. The second-order valence-corrected chi connectivity index (χ2v) is 11.9. The minimum Gasteiger partial charge on any atom is -1.00 e. The molecule has 6 nitrogen and oxygen atoms in total. The summed E-state index contributed by atoms with van der Waals surface area (Å²) >= 11 is 0. The van der Waals surface area contributed by atoms with Crippen molar-refractivity contribution in [1.29, 1.82) is 0 Å². The first-order valence-corrected chi connectivity index (χ1v) is 15.5. The number of hydrogen-bond donors (Lipinski definition) is 2. The summed E-state index contributed by atoms with van der Waals surface area (Å²) < 4.78 is 4.18. The third-order valence-corrected chi connectivity index (χ3v) is 7.81. The van der Waals surface area contributed by atoms with Crippen LogP contribution in [0.3, 0.4) is 0 Å². The van der Waals surface area contributed by atoms with Gasteiger partial charge in [-0.15, -0.1) is 0 Å². The number of hydrogen-bond acceptors (Lipinski definition) is 0. The van der Waals surface area contributed by atoms with Crippen molar-refractivity contribution in [3.05, 3.63) is 121 Å². The second kappa shape index (κ2) is 18.6. The predicted octanol–water partition coefficient (Wildman–Crippen LogP) is -0.997. The van der Waals surface area contributed by atoms with Crippen LogP contribution in [0.15, 0.2) is 121 Å². The Morgan fingerprint density at radius 3 is 0.933 bits per heavy atom. The average molecular weight is 627 g/mol. The molecule has 0 aliphatic rings.